The van der Waals surface area contributed by atoms with Crippen molar-refractivity contribution in [3.05, 3.63) is 53.6 Å². The van der Waals surface area contributed by atoms with Gasteiger partial charge in [-0.1, -0.05) is 17.7 Å². The lowest BCUT2D eigenvalue weighted by Gasteiger charge is -2.18. The van der Waals surface area contributed by atoms with E-state index in [0.29, 0.717) is 24.3 Å². The predicted molar refractivity (Wildman–Crippen MR) is 100.0 cm³/mol. The van der Waals surface area contributed by atoms with E-state index in [1.165, 1.54) is 0 Å². The van der Waals surface area contributed by atoms with Gasteiger partial charge in [-0.25, -0.2) is 8.42 Å². The molecule has 0 bridgehead atoms. The van der Waals surface area contributed by atoms with Crippen LogP contribution in [0.4, 0.5) is 5.69 Å². The molecule has 2 aromatic rings. The van der Waals surface area contributed by atoms with E-state index in [2.05, 4.69) is 4.72 Å². The first-order valence-corrected chi connectivity index (χ1v) is 9.85. The average Bonchev–Trinajstić information content (AvgIpc) is 2.94. The van der Waals surface area contributed by atoms with Crippen LogP contribution in [0.15, 0.2) is 47.4 Å². The molecule has 26 heavy (non-hydrogen) atoms. The molecule has 1 aliphatic heterocycles. The summed E-state index contributed by atoms with van der Waals surface area (Å²) in [5, 5.41) is 0. The lowest BCUT2D eigenvalue weighted by molar-refractivity contribution is -0.118. The molecule has 1 aliphatic rings. The maximum absolute atomic E-state index is 12.7. The summed E-state index contributed by atoms with van der Waals surface area (Å²) >= 11 is 0. The van der Waals surface area contributed by atoms with Crippen molar-refractivity contribution >= 4 is 21.6 Å². The second-order valence-electron chi connectivity index (χ2n) is 6.42. The quantitative estimate of drug-likeness (QED) is 0.872. The fraction of sp³-hybridized carbons (Fsp3) is 0.316. The second kappa shape index (κ2) is 7.09. The summed E-state index contributed by atoms with van der Waals surface area (Å²) in [4.78, 5) is 14.5. The van der Waals surface area contributed by atoms with Gasteiger partial charge in [0.25, 0.3) is 0 Å². The van der Waals surface area contributed by atoms with Crippen LogP contribution >= 0.6 is 0 Å². The van der Waals surface area contributed by atoms with Crippen LogP contribution in [0.25, 0.3) is 0 Å². The van der Waals surface area contributed by atoms with E-state index in [0.717, 1.165) is 11.3 Å². The number of hydrogen-bond donors (Lipinski definition) is 1. The third-order valence-electron chi connectivity index (χ3n) is 4.51. The van der Waals surface area contributed by atoms with Crippen molar-refractivity contribution in [2.45, 2.75) is 31.2 Å². The fourth-order valence-electron chi connectivity index (χ4n) is 3.16. The number of ether oxygens (including phenoxy) is 1. The third-order valence-corrected chi connectivity index (χ3v) is 6.14. The van der Waals surface area contributed by atoms with Gasteiger partial charge in [0.2, 0.25) is 15.9 Å². The molecule has 1 saturated heterocycles. The van der Waals surface area contributed by atoms with E-state index in [1.807, 2.05) is 13.0 Å². The van der Waals surface area contributed by atoms with E-state index in [9.17, 15) is 13.2 Å². The monoisotopic (exact) mass is 374 g/mol. The Balaban J connectivity index is 1.77. The van der Waals surface area contributed by atoms with Gasteiger partial charge in [0.1, 0.15) is 11.8 Å². The summed E-state index contributed by atoms with van der Waals surface area (Å²) in [6, 6.07) is 11.5. The van der Waals surface area contributed by atoms with Gasteiger partial charge in [-0.3, -0.25) is 4.79 Å². The van der Waals surface area contributed by atoms with Crippen LogP contribution in [0.2, 0.25) is 0 Å². The number of anilines is 1. The Bertz CT molecular complexity index is 923. The Labute approximate surface area is 153 Å². The molecule has 0 aliphatic carbocycles. The average molecular weight is 374 g/mol. The number of hydrogen-bond acceptors (Lipinski definition) is 4. The van der Waals surface area contributed by atoms with Crippen molar-refractivity contribution < 1.29 is 17.9 Å². The first-order chi connectivity index (χ1) is 12.3. The van der Waals surface area contributed by atoms with Gasteiger partial charge in [-0.15, -0.1) is 0 Å². The number of sulfonamides is 1. The van der Waals surface area contributed by atoms with Crippen LogP contribution in [0.5, 0.6) is 5.75 Å². The number of methoxy groups -OCH3 is 1. The third kappa shape index (κ3) is 3.59. The minimum absolute atomic E-state index is 0.207. The van der Waals surface area contributed by atoms with Crippen molar-refractivity contribution in [3.8, 4) is 5.75 Å². The second-order valence-corrected chi connectivity index (χ2v) is 8.10. The van der Waals surface area contributed by atoms with E-state index in [-0.39, 0.29) is 10.8 Å². The van der Waals surface area contributed by atoms with Crippen molar-refractivity contribution in [2.24, 2.45) is 0 Å². The molecule has 0 aromatic heterocycles. The van der Waals surface area contributed by atoms with Crippen molar-refractivity contribution in [1.29, 1.82) is 0 Å². The van der Waals surface area contributed by atoms with E-state index in [4.69, 9.17) is 4.74 Å². The first-order valence-electron chi connectivity index (χ1n) is 8.37. The van der Waals surface area contributed by atoms with Gasteiger partial charge in [-0.2, -0.15) is 4.72 Å². The highest BCUT2D eigenvalue weighted by Gasteiger charge is 2.36. The van der Waals surface area contributed by atoms with Crippen LogP contribution in [0, 0.1) is 13.8 Å². The minimum Gasteiger partial charge on any atom is -0.497 e. The highest BCUT2D eigenvalue weighted by Crippen LogP contribution is 2.25. The summed E-state index contributed by atoms with van der Waals surface area (Å²) < 4.78 is 33.1. The van der Waals surface area contributed by atoms with Gasteiger partial charge in [-0.05, 0) is 56.2 Å². The SMILES string of the molecule is COc1ccc(N2CC[C@H](NS(=O)(=O)c3ccc(C)cc3C)C2=O)cc1. The van der Waals surface area contributed by atoms with Crippen LogP contribution in [-0.4, -0.2) is 34.0 Å². The molecule has 1 amide bonds. The Morgan fingerprint density at radius 1 is 1.12 bits per heavy atom. The van der Waals surface area contributed by atoms with Gasteiger partial charge in [0.15, 0.2) is 0 Å². The molecular weight excluding hydrogens is 352 g/mol. The molecule has 7 heteroatoms. The first kappa shape index (κ1) is 18.4. The Hall–Kier alpha value is -2.38. The van der Waals surface area contributed by atoms with Gasteiger partial charge < -0.3 is 9.64 Å². The molecule has 3 rings (SSSR count). The van der Waals surface area contributed by atoms with Crippen molar-refractivity contribution in [1.82, 2.24) is 4.72 Å². The van der Waals surface area contributed by atoms with E-state index < -0.39 is 16.1 Å². The number of nitrogens with zero attached hydrogens (tertiary/aromatic N) is 1. The summed E-state index contributed by atoms with van der Waals surface area (Å²) in [7, 11) is -2.18. The molecule has 0 radical (unpaired) electrons. The number of benzene rings is 2. The number of aryl methyl sites for hydroxylation is 2. The van der Waals surface area contributed by atoms with Crippen molar-refractivity contribution in [3.63, 3.8) is 0 Å². The minimum atomic E-state index is -3.76. The predicted octanol–water partition coefficient (Wildman–Crippen LogP) is 2.40. The highest BCUT2D eigenvalue weighted by molar-refractivity contribution is 7.89. The number of nitrogens with one attached hydrogen (secondary N) is 1. The Kier molecular flexibility index (Phi) is 5.02. The molecule has 1 N–H and O–H groups in total. The Morgan fingerprint density at radius 3 is 2.42 bits per heavy atom. The van der Waals surface area contributed by atoms with Crippen LogP contribution in [-0.2, 0) is 14.8 Å². The van der Waals surface area contributed by atoms with Crippen LogP contribution in [0.1, 0.15) is 17.5 Å². The lowest BCUT2D eigenvalue weighted by Crippen LogP contribution is -2.41. The molecule has 1 atom stereocenters. The molecule has 0 unspecified atom stereocenters. The summed E-state index contributed by atoms with van der Waals surface area (Å²) in [5.41, 5.74) is 2.38. The largest absolute Gasteiger partial charge is 0.497 e. The number of carbonyl (C=O) groups excluding carboxylic acids is 1. The molecule has 1 heterocycles. The zero-order chi connectivity index (χ0) is 18.9. The molecule has 2 aromatic carbocycles. The maximum Gasteiger partial charge on any atom is 0.245 e. The van der Waals surface area contributed by atoms with E-state index in [1.54, 1.807) is 55.3 Å². The summed E-state index contributed by atoms with van der Waals surface area (Å²) in [5.74, 6) is 0.455. The van der Waals surface area contributed by atoms with Crippen molar-refractivity contribution in [2.75, 3.05) is 18.6 Å². The fourth-order valence-corrected chi connectivity index (χ4v) is 4.61. The Morgan fingerprint density at radius 2 is 1.81 bits per heavy atom. The smallest absolute Gasteiger partial charge is 0.245 e. The molecule has 1 fully saturated rings. The molecule has 138 valence electrons. The molecule has 0 saturated carbocycles. The number of amides is 1. The topological polar surface area (TPSA) is 75.7 Å². The number of rotatable bonds is 5. The highest BCUT2D eigenvalue weighted by atomic mass is 32.2. The number of carbonyl (C=O) groups is 1. The standard InChI is InChI=1S/C19H22N2O4S/c1-13-4-9-18(14(2)12-13)26(23,24)20-17-10-11-21(19(17)22)15-5-7-16(25-3)8-6-15/h4-9,12,17,20H,10-11H2,1-3H3/t17-/m0/s1. The zero-order valence-corrected chi connectivity index (χ0v) is 15.8. The van der Waals surface area contributed by atoms with E-state index >= 15 is 0 Å². The van der Waals surface area contributed by atoms with Crippen LogP contribution in [0.3, 0.4) is 0 Å². The van der Waals surface area contributed by atoms with Gasteiger partial charge in [0.05, 0.1) is 12.0 Å². The lowest BCUT2D eigenvalue weighted by atomic mass is 10.2. The van der Waals surface area contributed by atoms with Gasteiger partial charge in [0, 0.05) is 12.2 Å². The molecular formula is C19H22N2O4S. The molecule has 6 nitrogen and oxygen atoms in total. The zero-order valence-electron chi connectivity index (χ0n) is 15.0. The maximum atomic E-state index is 12.7. The summed E-state index contributed by atoms with van der Waals surface area (Å²) in [6.07, 6.45) is 0.426. The summed E-state index contributed by atoms with van der Waals surface area (Å²) in [6.45, 7) is 4.12. The normalized spacial score (nSPS) is 17.6. The van der Waals surface area contributed by atoms with Crippen LogP contribution < -0.4 is 14.4 Å². The molecule has 0 spiro atoms. The van der Waals surface area contributed by atoms with Gasteiger partial charge >= 0.3 is 0 Å².